The maximum atomic E-state index is 12.6. The molecule has 0 radical (unpaired) electrons. The van der Waals surface area contributed by atoms with Crippen LogP contribution < -0.4 is 9.47 Å². The third-order valence-electron chi connectivity index (χ3n) is 3.96. The van der Waals surface area contributed by atoms with Crippen LogP contribution in [0.3, 0.4) is 0 Å². The molecular formula is C17H20ClN3O4S. The van der Waals surface area contributed by atoms with Gasteiger partial charge in [-0.3, -0.25) is 0 Å². The maximum Gasteiger partial charge on any atom is 0.316 e. The minimum absolute atomic E-state index is 0.0773. The van der Waals surface area contributed by atoms with Crippen molar-refractivity contribution in [3.8, 4) is 11.8 Å². The molecule has 1 fully saturated rings. The highest BCUT2D eigenvalue weighted by atomic mass is 35.5. The Morgan fingerprint density at radius 2 is 1.92 bits per heavy atom. The summed E-state index contributed by atoms with van der Waals surface area (Å²) in [4.78, 5) is 7.98. The fraction of sp³-hybridized carbons (Fsp3) is 0.412. The zero-order chi connectivity index (χ0) is 18.4. The van der Waals surface area contributed by atoms with Gasteiger partial charge in [0.05, 0.1) is 29.7 Å². The van der Waals surface area contributed by atoms with E-state index in [1.54, 1.807) is 12.1 Å². The molecule has 0 spiro atoms. The SMILES string of the molecule is O=S(=O)(CCOc1ccccc1)N1CCCC(Oc2ncc(Cl)cn2)C1. The van der Waals surface area contributed by atoms with Crippen molar-refractivity contribution in [2.24, 2.45) is 0 Å². The van der Waals surface area contributed by atoms with Crippen LogP contribution in [-0.2, 0) is 10.0 Å². The normalized spacial score (nSPS) is 18.4. The summed E-state index contributed by atoms with van der Waals surface area (Å²) in [5.41, 5.74) is 0. The number of hydrogen-bond donors (Lipinski definition) is 0. The van der Waals surface area contributed by atoms with E-state index in [-0.39, 0.29) is 31.0 Å². The number of hydrogen-bond acceptors (Lipinski definition) is 6. The van der Waals surface area contributed by atoms with Gasteiger partial charge in [0.15, 0.2) is 0 Å². The number of nitrogens with zero attached hydrogens (tertiary/aromatic N) is 3. The minimum atomic E-state index is -3.42. The van der Waals surface area contributed by atoms with Gasteiger partial charge in [-0.2, -0.15) is 4.31 Å². The largest absolute Gasteiger partial charge is 0.492 e. The number of sulfonamides is 1. The van der Waals surface area contributed by atoms with Gasteiger partial charge < -0.3 is 9.47 Å². The molecule has 140 valence electrons. The van der Waals surface area contributed by atoms with E-state index < -0.39 is 10.0 Å². The molecule has 1 aliphatic rings. The highest BCUT2D eigenvalue weighted by Gasteiger charge is 2.30. The summed E-state index contributed by atoms with van der Waals surface area (Å²) in [6, 6.07) is 9.35. The zero-order valence-corrected chi connectivity index (χ0v) is 15.7. The second-order valence-corrected chi connectivity index (χ2v) is 8.43. The van der Waals surface area contributed by atoms with E-state index in [9.17, 15) is 8.42 Å². The fourth-order valence-corrected chi connectivity index (χ4v) is 4.13. The molecule has 1 saturated heterocycles. The van der Waals surface area contributed by atoms with Gasteiger partial charge in [-0.05, 0) is 25.0 Å². The van der Waals surface area contributed by atoms with Crippen molar-refractivity contribution in [2.75, 3.05) is 25.4 Å². The molecule has 1 atom stereocenters. The van der Waals surface area contributed by atoms with Crippen molar-refractivity contribution in [1.82, 2.24) is 14.3 Å². The number of para-hydroxylation sites is 1. The highest BCUT2D eigenvalue weighted by molar-refractivity contribution is 7.89. The van der Waals surface area contributed by atoms with Crippen LogP contribution >= 0.6 is 11.6 Å². The summed E-state index contributed by atoms with van der Waals surface area (Å²) in [7, 11) is -3.42. The Hall–Kier alpha value is -1.90. The quantitative estimate of drug-likeness (QED) is 0.713. The van der Waals surface area contributed by atoms with Crippen LogP contribution in [-0.4, -0.2) is 54.2 Å². The molecule has 1 aromatic heterocycles. The Morgan fingerprint density at radius 1 is 1.19 bits per heavy atom. The van der Waals surface area contributed by atoms with Crippen LogP contribution in [0.4, 0.5) is 0 Å². The Morgan fingerprint density at radius 3 is 2.65 bits per heavy atom. The minimum Gasteiger partial charge on any atom is -0.492 e. The predicted octanol–water partition coefficient (Wildman–Crippen LogP) is 2.38. The van der Waals surface area contributed by atoms with Gasteiger partial charge in [0, 0.05) is 6.54 Å². The number of aromatic nitrogens is 2. The Bertz CT molecular complexity index is 803. The van der Waals surface area contributed by atoms with Gasteiger partial charge in [0.25, 0.3) is 0 Å². The standard InChI is InChI=1S/C17H20ClN3O4S/c18-14-11-19-17(20-12-14)25-16-7-4-8-21(13-16)26(22,23)10-9-24-15-5-2-1-3-6-15/h1-3,5-6,11-12,16H,4,7-10,13H2. The zero-order valence-electron chi connectivity index (χ0n) is 14.1. The van der Waals surface area contributed by atoms with Crippen molar-refractivity contribution in [1.29, 1.82) is 0 Å². The molecule has 3 rings (SSSR count). The average Bonchev–Trinajstić information content (AvgIpc) is 2.65. The first-order valence-corrected chi connectivity index (χ1v) is 10.3. The number of rotatable bonds is 7. The van der Waals surface area contributed by atoms with Gasteiger partial charge in [-0.15, -0.1) is 0 Å². The molecule has 9 heteroatoms. The lowest BCUT2D eigenvalue weighted by Crippen LogP contribution is -2.45. The third kappa shape index (κ3) is 5.30. The monoisotopic (exact) mass is 397 g/mol. The van der Waals surface area contributed by atoms with Crippen LogP contribution in [0, 0.1) is 0 Å². The van der Waals surface area contributed by atoms with E-state index in [1.165, 1.54) is 16.7 Å². The second kappa shape index (κ2) is 8.66. The highest BCUT2D eigenvalue weighted by Crippen LogP contribution is 2.19. The molecule has 1 aliphatic heterocycles. The molecule has 26 heavy (non-hydrogen) atoms. The predicted molar refractivity (Wildman–Crippen MR) is 98.0 cm³/mol. The summed E-state index contributed by atoms with van der Waals surface area (Å²) in [5, 5.41) is 0.420. The molecule has 2 heterocycles. The molecule has 1 aromatic carbocycles. The summed E-state index contributed by atoms with van der Waals surface area (Å²) < 4.78 is 37.8. The van der Waals surface area contributed by atoms with E-state index in [4.69, 9.17) is 21.1 Å². The van der Waals surface area contributed by atoms with Crippen molar-refractivity contribution in [3.63, 3.8) is 0 Å². The summed E-state index contributed by atoms with van der Waals surface area (Å²) in [6.07, 6.45) is 4.08. The average molecular weight is 398 g/mol. The van der Waals surface area contributed by atoms with E-state index in [0.717, 1.165) is 12.8 Å². The molecule has 0 aliphatic carbocycles. The molecule has 0 amide bonds. The van der Waals surface area contributed by atoms with Crippen molar-refractivity contribution in [3.05, 3.63) is 47.7 Å². The molecule has 7 nitrogen and oxygen atoms in total. The lowest BCUT2D eigenvalue weighted by Gasteiger charge is -2.31. The lowest BCUT2D eigenvalue weighted by atomic mass is 10.1. The first kappa shape index (κ1) is 18.9. The first-order chi connectivity index (χ1) is 12.5. The number of ether oxygens (including phenoxy) is 2. The molecule has 2 aromatic rings. The van der Waals surface area contributed by atoms with Gasteiger partial charge in [0.2, 0.25) is 10.0 Å². The Kier molecular flexibility index (Phi) is 6.29. The van der Waals surface area contributed by atoms with Gasteiger partial charge >= 0.3 is 6.01 Å². The third-order valence-corrected chi connectivity index (χ3v) is 5.95. The molecular weight excluding hydrogens is 378 g/mol. The Labute approximate surface area is 158 Å². The van der Waals surface area contributed by atoms with E-state index in [2.05, 4.69) is 9.97 Å². The van der Waals surface area contributed by atoms with Crippen molar-refractivity contribution < 1.29 is 17.9 Å². The van der Waals surface area contributed by atoms with E-state index in [1.807, 2.05) is 18.2 Å². The second-order valence-electron chi connectivity index (χ2n) is 5.90. The van der Waals surface area contributed by atoms with Crippen LogP contribution in [0.5, 0.6) is 11.8 Å². The summed E-state index contributed by atoms with van der Waals surface area (Å²) >= 11 is 5.75. The number of halogens is 1. The van der Waals surface area contributed by atoms with Crippen LogP contribution in [0.25, 0.3) is 0 Å². The first-order valence-electron chi connectivity index (χ1n) is 8.33. The number of benzene rings is 1. The van der Waals surface area contributed by atoms with Gasteiger partial charge in [0.1, 0.15) is 18.5 Å². The maximum absolute atomic E-state index is 12.6. The van der Waals surface area contributed by atoms with Gasteiger partial charge in [-0.25, -0.2) is 18.4 Å². The fourth-order valence-electron chi connectivity index (χ4n) is 2.67. The topological polar surface area (TPSA) is 81.6 Å². The van der Waals surface area contributed by atoms with Gasteiger partial charge in [-0.1, -0.05) is 29.8 Å². The molecule has 1 unspecified atom stereocenters. The van der Waals surface area contributed by atoms with Crippen molar-refractivity contribution >= 4 is 21.6 Å². The summed E-state index contributed by atoms with van der Waals surface area (Å²) in [6.45, 7) is 0.864. The van der Waals surface area contributed by atoms with Crippen LogP contribution in [0.15, 0.2) is 42.7 Å². The molecule has 0 N–H and O–H groups in total. The van der Waals surface area contributed by atoms with Crippen LogP contribution in [0.2, 0.25) is 5.02 Å². The van der Waals surface area contributed by atoms with E-state index in [0.29, 0.717) is 17.3 Å². The van der Waals surface area contributed by atoms with Crippen LogP contribution in [0.1, 0.15) is 12.8 Å². The molecule has 0 saturated carbocycles. The number of piperidine rings is 1. The summed E-state index contributed by atoms with van der Waals surface area (Å²) in [5.74, 6) is 0.578. The molecule has 0 bridgehead atoms. The Balaban J connectivity index is 1.52. The van der Waals surface area contributed by atoms with E-state index >= 15 is 0 Å². The smallest absolute Gasteiger partial charge is 0.316 e. The lowest BCUT2D eigenvalue weighted by molar-refractivity contribution is 0.119. The van der Waals surface area contributed by atoms with Crippen molar-refractivity contribution in [2.45, 2.75) is 18.9 Å².